The summed E-state index contributed by atoms with van der Waals surface area (Å²) in [6.07, 6.45) is -1.87. The summed E-state index contributed by atoms with van der Waals surface area (Å²) in [6, 6.07) is 10.1. The third-order valence-electron chi connectivity index (χ3n) is 3.71. The van der Waals surface area contributed by atoms with Gasteiger partial charge in [0.15, 0.2) is 11.5 Å². The van der Waals surface area contributed by atoms with Crippen LogP contribution >= 0.6 is 0 Å². The van der Waals surface area contributed by atoms with Gasteiger partial charge in [-0.25, -0.2) is 0 Å². The highest BCUT2D eigenvalue weighted by Gasteiger charge is 2.30. The van der Waals surface area contributed by atoms with Crippen LogP contribution in [0, 0.1) is 0 Å². The molecular formula is C19H16F3NO3. The van der Waals surface area contributed by atoms with E-state index in [4.69, 9.17) is 9.47 Å². The standard InChI is InChI=1S/C19H16F3NO3/c20-19(21,22)15-3-1-2-13(10-15)5-7-18(24)23-12-14-4-6-16-17(11-14)26-9-8-25-16/h1-7,10-11H,8-9,12H2,(H,23,24)/b7-5+. The van der Waals surface area contributed by atoms with E-state index in [1.54, 1.807) is 12.1 Å². The van der Waals surface area contributed by atoms with Gasteiger partial charge in [-0.15, -0.1) is 0 Å². The first-order valence-corrected chi connectivity index (χ1v) is 7.93. The minimum absolute atomic E-state index is 0.266. The lowest BCUT2D eigenvalue weighted by Crippen LogP contribution is -2.21. The number of nitrogens with one attached hydrogen (secondary N) is 1. The molecule has 0 spiro atoms. The average Bonchev–Trinajstić information content (AvgIpc) is 2.64. The van der Waals surface area contributed by atoms with Crippen molar-refractivity contribution < 1.29 is 27.4 Å². The molecule has 0 bridgehead atoms. The quantitative estimate of drug-likeness (QED) is 0.841. The molecule has 0 aliphatic carbocycles. The van der Waals surface area contributed by atoms with Crippen LogP contribution in [0.1, 0.15) is 16.7 Å². The van der Waals surface area contributed by atoms with Crippen molar-refractivity contribution in [2.24, 2.45) is 0 Å². The van der Waals surface area contributed by atoms with Crippen LogP contribution in [0.25, 0.3) is 6.08 Å². The summed E-state index contributed by atoms with van der Waals surface area (Å²) < 4.78 is 48.9. The first-order chi connectivity index (χ1) is 12.4. The van der Waals surface area contributed by atoms with Crippen molar-refractivity contribution in [3.63, 3.8) is 0 Å². The number of alkyl halides is 3. The Hall–Kier alpha value is -2.96. The van der Waals surface area contributed by atoms with E-state index >= 15 is 0 Å². The van der Waals surface area contributed by atoms with Crippen LogP contribution in [-0.2, 0) is 17.5 Å². The number of hydrogen-bond acceptors (Lipinski definition) is 3. The molecule has 4 nitrogen and oxygen atoms in total. The molecule has 1 amide bonds. The number of carbonyl (C=O) groups is 1. The maximum absolute atomic E-state index is 12.7. The average molecular weight is 363 g/mol. The maximum Gasteiger partial charge on any atom is 0.416 e. The van der Waals surface area contributed by atoms with Crippen LogP contribution < -0.4 is 14.8 Å². The second-order valence-corrected chi connectivity index (χ2v) is 5.65. The summed E-state index contributed by atoms with van der Waals surface area (Å²) in [5.74, 6) is 0.885. The lowest BCUT2D eigenvalue weighted by Gasteiger charge is -2.18. The third-order valence-corrected chi connectivity index (χ3v) is 3.71. The molecule has 136 valence electrons. The van der Waals surface area contributed by atoms with Crippen LogP contribution in [0.2, 0.25) is 0 Å². The van der Waals surface area contributed by atoms with Crippen molar-refractivity contribution in [1.29, 1.82) is 0 Å². The number of fused-ring (bicyclic) bond motifs is 1. The lowest BCUT2D eigenvalue weighted by atomic mass is 10.1. The summed E-state index contributed by atoms with van der Waals surface area (Å²) in [4.78, 5) is 11.9. The Morgan fingerprint density at radius 3 is 2.62 bits per heavy atom. The molecule has 0 atom stereocenters. The molecule has 1 aliphatic heterocycles. The Morgan fingerprint density at radius 1 is 1.08 bits per heavy atom. The SMILES string of the molecule is O=C(/C=C/c1cccc(C(F)(F)F)c1)NCc1ccc2c(c1)OCCO2. The number of rotatable bonds is 4. The lowest BCUT2D eigenvalue weighted by molar-refractivity contribution is -0.137. The van der Waals surface area contributed by atoms with Crippen molar-refractivity contribution in [2.45, 2.75) is 12.7 Å². The Kier molecular flexibility index (Phi) is 5.16. The Labute approximate surface area is 148 Å². The summed E-state index contributed by atoms with van der Waals surface area (Å²) in [5.41, 5.74) is 0.376. The maximum atomic E-state index is 12.7. The predicted molar refractivity (Wildman–Crippen MR) is 89.8 cm³/mol. The highest BCUT2D eigenvalue weighted by molar-refractivity contribution is 5.91. The smallest absolute Gasteiger partial charge is 0.416 e. The molecule has 1 aliphatic rings. The van der Waals surface area contributed by atoms with Crippen molar-refractivity contribution in [3.05, 3.63) is 65.2 Å². The third kappa shape index (κ3) is 4.56. The fourth-order valence-corrected chi connectivity index (χ4v) is 2.44. The highest BCUT2D eigenvalue weighted by atomic mass is 19.4. The molecule has 26 heavy (non-hydrogen) atoms. The van der Waals surface area contributed by atoms with E-state index in [0.717, 1.165) is 17.7 Å². The minimum atomic E-state index is -4.41. The van der Waals surface area contributed by atoms with E-state index in [9.17, 15) is 18.0 Å². The van der Waals surface area contributed by atoms with Gasteiger partial charge in [0.1, 0.15) is 13.2 Å². The molecule has 0 aromatic heterocycles. The van der Waals surface area contributed by atoms with Gasteiger partial charge in [0, 0.05) is 12.6 Å². The summed E-state index contributed by atoms with van der Waals surface area (Å²) in [7, 11) is 0. The van der Waals surface area contributed by atoms with Gasteiger partial charge in [0.2, 0.25) is 5.91 Å². The monoisotopic (exact) mass is 363 g/mol. The highest BCUT2D eigenvalue weighted by Crippen LogP contribution is 2.31. The molecule has 0 radical (unpaired) electrons. The summed E-state index contributed by atoms with van der Waals surface area (Å²) in [5, 5.41) is 2.68. The number of ether oxygens (including phenoxy) is 2. The summed E-state index contributed by atoms with van der Waals surface area (Å²) in [6.45, 7) is 1.24. The molecule has 7 heteroatoms. The van der Waals surface area contributed by atoms with E-state index in [2.05, 4.69) is 5.32 Å². The Morgan fingerprint density at radius 2 is 1.85 bits per heavy atom. The van der Waals surface area contributed by atoms with Crippen molar-refractivity contribution >= 4 is 12.0 Å². The first kappa shape index (κ1) is 17.8. The molecule has 2 aromatic rings. The fourth-order valence-electron chi connectivity index (χ4n) is 2.44. The van der Waals surface area contributed by atoms with Gasteiger partial charge in [-0.3, -0.25) is 4.79 Å². The molecule has 0 saturated heterocycles. The van der Waals surface area contributed by atoms with Crippen LogP contribution in [0.5, 0.6) is 11.5 Å². The van der Waals surface area contributed by atoms with Crippen molar-refractivity contribution in [3.8, 4) is 11.5 Å². The second kappa shape index (κ2) is 7.51. The van der Waals surface area contributed by atoms with Crippen molar-refractivity contribution in [1.82, 2.24) is 5.32 Å². The van der Waals surface area contributed by atoms with Gasteiger partial charge in [0.25, 0.3) is 0 Å². The van der Waals surface area contributed by atoms with Gasteiger partial charge in [-0.1, -0.05) is 18.2 Å². The molecular weight excluding hydrogens is 347 g/mol. The van der Waals surface area contributed by atoms with E-state index in [0.29, 0.717) is 30.3 Å². The number of hydrogen-bond donors (Lipinski definition) is 1. The van der Waals surface area contributed by atoms with E-state index in [-0.39, 0.29) is 6.54 Å². The van der Waals surface area contributed by atoms with E-state index in [1.807, 2.05) is 6.07 Å². The van der Waals surface area contributed by atoms with Gasteiger partial charge in [-0.05, 0) is 41.5 Å². The van der Waals surface area contributed by atoms with Crippen LogP contribution in [0.15, 0.2) is 48.5 Å². The second-order valence-electron chi connectivity index (χ2n) is 5.65. The van der Waals surface area contributed by atoms with E-state index in [1.165, 1.54) is 24.3 Å². The zero-order valence-corrected chi connectivity index (χ0v) is 13.7. The number of benzene rings is 2. The van der Waals surface area contributed by atoms with Gasteiger partial charge < -0.3 is 14.8 Å². The largest absolute Gasteiger partial charge is 0.486 e. The Balaban J connectivity index is 1.58. The van der Waals surface area contributed by atoms with Crippen molar-refractivity contribution in [2.75, 3.05) is 13.2 Å². The van der Waals surface area contributed by atoms with Crippen LogP contribution in [0.3, 0.4) is 0 Å². The van der Waals surface area contributed by atoms with E-state index < -0.39 is 17.6 Å². The fraction of sp³-hybridized carbons (Fsp3) is 0.211. The number of carbonyl (C=O) groups excluding carboxylic acids is 1. The predicted octanol–water partition coefficient (Wildman–Crippen LogP) is 3.81. The molecule has 0 saturated carbocycles. The van der Waals surface area contributed by atoms with Gasteiger partial charge in [-0.2, -0.15) is 13.2 Å². The normalized spacial score (nSPS) is 13.7. The molecule has 0 fully saturated rings. The molecule has 1 N–H and O–H groups in total. The molecule has 0 unspecified atom stereocenters. The minimum Gasteiger partial charge on any atom is -0.486 e. The first-order valence-electron chi connectivity index (χ1n) is 7.93. The summed E-state index contributed by atoms with van der Waals surface area (Å²) >= 11 is 0. The molecule has 2 aromatic carbocycles. The molecule has 1 heterocycles. The number of amides is 1. The molecule has 3 rings (SSSR count). The Bertz CT molecular complexity index is 831. The van der Waals surface area contributed by atoms with Gasteiger partial charge in [0.05, 0.1) is 5.56 Å². The zero-order chi connectivity index (χ0) is 18.6. The number of halogens is 3. The van der Waals surface area contributed by atoms with Crippen LogP contribution in [-0.4, -0.2) is 19.1 Å². The zero-order valence-electron chi connectivity index (χ0n) is 13.7. The van der Waals surface area contributed by atoms with Gasteiger partial charge >= 0.3 is 6.18 Å². The topological polar surface area (TPSA) is 47.6 Å². The van der Waals surface area contributed by atoms with Crippen LogP contribution in [0.4, 0.5) is 13.2 Å².